The van der Waals surface area contributed by atoms with Gasteiger partial charge in [0.15, 0.2) is 11.8 Å². The van der Waals surface area contributed by atoms with Crippen molar-refractivity contribution in [3.63, 3.8) is 0 Å². The van der Waals surface area contributed by atoms with E-state index in [0.717, 1.165) is 10.1 Å². The second-order valence-electron chi connectivity index (χ2n) is 7.26. The van der Waals surface area contributed by atoms with E-state index in [9.17, 15) is 14.4 Å². The maximum atomic E-state index is 13.5. The summed E-state index contributed by atoms with van der Waals surface area (Å²) < 4.78 is 12.0. The molecule has 0 unspecified atom stereocenters. The Hall–Kier alpha value is -3.56. The average Bonchev–Trinajstić information content (AvgIpc) is 2.78. The van der Waals surface area contributed by atoms with E-state index in [4.69, 9.17) is 26.8 Å². The van der Waals surface area contributed by atoms with Gasteiger partial charge in [-0.15, -0.1) is 0 Å². The summed E-state index contributed by atoms with van der Waals surface area (Å²) in [5.74, 6) is -0.261. The summed E-state index contributed by atoms with van der Waals surface area (Å²) in [5.41, 5.74) is 5.39. The van der Waals surface area contributed by atoms with Crippen molar-refractivity contribution < 1.29 is 14.3 Å². The number of nitrogens with two attached hydrogens (primary N) is 1. The lowest BCUT2D eigenvalue weighted by atomic mass is 10.2. The zero-order valence-corrected chi connectivity index (χ0v) is 19.0. The number of carbonyl (C=O) groups is 1. The summed E-state index contributed by atoms with van der Waals surface area (Å²) in [6, 6.07) is 15.7. The molecule has 9 nitrogen and oxygen atoms in total. The molecule has 0 aliphatic heterocycles. The molecule has 10 heteroatoms. The van der Waals surface area contributed by atoms with Gasteiger partial charge in [0.2, 0.25) is 0 Å². The molecular formula is C23H25ClN4O5. The third-order valence-corrected chi connectivity index (χ3v) is 5.14. The number of methoxy groups -OCH3 is 1. The lowest BCUT2D eigenvalue weighted by molar-refractivity contribution is -0.124. The van der Waals surface area contributed by atoms with Crippen LogP contribution in [0.5, 0.6) is 5.75 Å². The standard InChI is InChI=1S/C23H25ClN4O5/c1-15(33-18-10-6-9-17(24)13-18)22(30)28(14-16-7-4-3-5-8-16)19-20(25)27(11-12-32-2)23(31)26-21(19)29/h3-10,13,15H,11-12,14,25H2,1-2H3,(H,26,29,31)/t15-/m1/s1. The number of halogens is 1. The molecule has 33 heavy (non-hydrogen) atoms. The number of hydrogen-bond acceptors (Lipinski definition) is 6. The van der Waals surface area contributed by atoms with Gasteiger partial charge in [0.25, 0.3) is 11.5 Å². The van der Waals surface area contributed by atoms with Gasteiger partial charge in [0.1, 0.15) is 11.6 Å². The molecule has 0 aliphatic carbocycles. The highest BCUT2D eigenvalue weighted by Gasteiger charge is 2.29. The molecule has 2 aromatic carbocycles. The molecule has 3 aromatic rings. The first-order valence-electron chi connectivity index (χ1n) is 10.2. The molecule has 0 bridgehead atoms. The highest BCUT2D eigenvalue weighted by molar-refractivity contribution is 6.30. The Morgan fingerprint density at radius 1 is 1.18 bits per heavy atom. The number of anilines is 2. The second kappa shape index (κ2) is 10.8. The number of hydrogen-bond donors (Lipinski definition) is 2. The Kier molecular flexibility index (Phi) is 7.92. The molecule has 1 aromatic heterocycles. The summed E-state index contributed by atoms with van der Waals surface area (Å²) in [6.07, 6.45) is -0.981. The highest BCUT2D eigenvalue weighted by Crippen LogP contribution is 2.23. The van der Waals surface area contributed by atoms with Gasteiger partial charge in [-0.25, -0.2) is 4.79 Å². The largest absolute Gasteiger partial charge is 0.481 e. The van der Waals surface area contributed by atoms with Crippen molar-refractivity contribution in [1.82, 2.24) is 9.55 Å². The fourth-order valence-electron chi connectivity index (χ4n) is 3.29. The zero-order valence-electron chi connectivity index (χ0n) is 18.3. The van der Waals surface area contributed by atoms with E-state index in [1.54, 1.807) is 31.2 Å². The minimum absolute atomic E-state index is 0.0404. The van der Waals surface area contributed by atoms with E-state index in [-0.39, 0.29) is 31.2 Å². The van der Waals surface area contributed by atoms with Gasteiger partial charge in [-0.1, -0.05) is 48.0 Å². The summed E-state index contributed by atoms with van der Waals surface area (Å²) in [6.45, 7) is 1.90. The van der Waals surface area contributed by atoms with Crippen LogP contribution in [0.15, 0.2) is 64.2 Å². The molecule has 0 saturated heterocycles. The third kappa shape index (κ3) is 5.82. The van der Waals surface area contributed by atoms with Gasteiger partial charge in [0.05, 0.1) is 19.7 Å². The number of aromatic nitrogens is 2. The Labute approximate surface area is 195 Å². The molecule has 1 atom stereocenters. The van der Waals surface area contributed by atoms with Crippen LogP contribution in [0.1, 0.15) is 12.5 Å². The van der Waals surface area contributed by atoms with E-state index in [0.29, 0.717) is 10.8 Å². The first-order valence-corrected chi connectivity index (χ1v) is 10.6. The fourth-order valence-corrected chi connectivity index (χ4v) is 3.47. The molecule has 0 fully saturated rings. The van der Waals surface area contributed by atoms with Crippen molar-refractivity contribution in [1.29, 1.82) is 0 Å². The molecule has 1 amide bonds. The van der Waals surface area contributed by atoms with Gasteiger partial charge in [-0.05, 0) is 30.7 Å². The van der Waals surface area contributed by atoms with Crippen molar-refractivity contribution in [3.8, 4) is 5.75 Å². The molecule has 3 rings (SSSR count). The van der Waals surface area contributed by atoms with Crippen molar-refractivity contribution in [2.24, 2.45) is 0 Å². The number of benzene rings is 2. The fraction of sp³-hybridized carbons (Fsp3) is 0.261. The van der Waals surface area contributed by atoms with Crippen LogP contribution < -0.4 is 26.6 Å². The van der Waals surface area contributed by atoms with Crippen molar-refractivity contribution in [3.05, 3.63) is 86.0 Å². The monoisotopic (exact) mass is 472 g/mol. The number of ether oxygens (including phenoxy) is 2. The zero-order chi connectivity index (χ0) is 24.0. The van der Waals surface area contributed by atoms with Crippen molar-refractivity contribution in [2.75, 3.05) is 24.4 Å². The Bertz CT molecular complexity index is 1230. The number of H-pyrrole nitrogens is 1. The normalized spacial score (nSPS) is 11.7. The van der Waals surface area contributed by atoms with Crippen LogP contribution in [0.2, 0.25) is 5.02 Å². The van der Waals surface area contributed by atoms with E-state index in [1.165, 1.54) is 12.0 Å². The molecule has 1 heterocycles. The van der Waals surface area contributed by atoms with E-state index < -0.39 is 23.3 Å². The Morgan fingerprint density at radius 2 is 1.91 bits per heavy atom. The third-order valence-electron chi connectivity index (χ3n) is 4.91. The number of nitrogens with zero attached hydrogens (tertiary/aromatic N) is 2. The molecule has 0 radical (unpaired) electrons. The van der Waals surface area contributed by atoms with E-state index in [1.807, 2.05) is 30.3 Å². The van der Waals surface area contributed by atoms with Gasteiger partial charge in [-0.3, -0.25) is 24.0 Å². The Balaban J connectivity index is 2.04. The first kappa shape index (κ1) is 24.1. The first-order chi connectivity index (χ1) is 15.8. The summed E-state index contributed by atoms with van der Waals surface area (Å²) in [7, 11) is 1.48. The predicted molar refractivity (Wildman–Crippen MR) is 127 cm³/mol. The maximum Gasteiger partial charge on any atom is 0.330 e. The van der Waals surface area contributed by atoms with Gasteiger partial charge < -0.3 is 15.2 Å². The lowest BCUT2D eigenvalue weighted by Gasteiger charge is -2.27. The Morgan fingerprint density at radius 3 is 2.58 bits per heavy atom. The maximum absolute atomic E-state index is 13.5. The van der Waals surface area contributed by atoms with Gasteiger partial charge in [-0.2, -0.15) is 0 Å². The SMILES string of the molecule is COCCn1c(N)c(N(Cc2ccccc2)C(=O)[C@@H](C)Oc2cccc(Cl)c2)c(=O)[nH]c1=O. The van der Waals surface area contributed by atoms with Crippen LogP contribution in [0.3, 0.4) is 0 Å². The smallest absolute Gasteiger partial charge is 0.330 e. The van der Waals surface area contributed by atoms with Crippen LogP contribution in [-0.2, 0) is 22.6 Å². The summed E-state index contributed by atoms with van der Waals surface area (Å²) in [5, 5.41) is 0.458. The summed E-state index contributed by atoms with van der Waals surface area (Å²) >= 11 is 6.01. The minimum atomic E-state index is -0.981. The topological polar surface area (TPSA) is 120 Å². The number of carbonyl (C=O) groups excluding carboxylic acids is 1. The van der Waals surface area contributed by atoms with Crippen molar-refractivity contribution >= 4 is 29.0 Å². The molecular weight excluding hydrogens is 448 g/mol. The molecule has 0 aliphatic rings. The minimum Gasteiger partial charge on any atom is -0.481 e. The van der Waals surface area contributed by atoms with E-state index >= 15 is 0 Å². The van der Waals surface area contributed by atoms with Crippen LogP contribution in [-0.4, -0.2) is 35.3 Å². The molecule has 0 saturated carbocycles. The number of rotatable bonds is 9. The van der Waals surface area contributed by atoms with Crippen molar-refractivity contribution in [2.45, 2.75) is 26.1 Å². The second-order valence-corrected chi connectivity index (χ2v) is 7.70. The lowest BCUT2D eigenvalue weighted by Crippen LogP contribution is -2.45. The molecule has 174 valence electrons. The number of aromatic amines is 1. The molecule has 3 N–H and O–H groups in total. The number of nitrogen functional groups attached to an aromatic ring is 1. The molecule has 0 spiro atoms. The number of amides is 1. The quantitative estimate of drug-likeness (QED) is 0.493. The average molecular weight is 473 g/mol. The number of nitrogens with one attached hydrogen (secondary N) is 1. The van der Waals surface area contributed by atoms with Crippen LogP contribution in [0, 0.1) is 0 Å². The summed E-state index contributed by atoms with van der Waals surface area (Å²) in [4.78, 5) is 42.1. The van der Waals surface area contributed by atoms with Gasteiger partial charge in [0, 0.05) is 12.1 Å². The van der Waals surface area contributed by atoms with Crippen LogP contribution in [0.25, 0.3) is 0 Å². The van der Waals surface area contributed by atoms with Gasteiger partial charge >= 0.3 is 5.69 Å². The van der Waals surface area contributed by atoms with Crippen LogP contribution >= 0.6 is 11.6 Å². The predicted octanol–water partition coefficient (Wildman–Crippen LogP) is 2.42. The van der Waals surface area contributed by atoms with E-state index in [2.05, 4.69) is 4.98 Å². The van der Waals surface area contributed by atoms with Crippen LogP contribution in [0.4, 0.5) is 11.5 Å². The highest BCUT2D eigenvalue weighted by atomic mass is 35.5.